The Bertz CT molecular complexity index is 734. The molecule has 1 unspecified atom stereocenters. The van der Waals surface area contributed by atoms with Crippen molar-refractivity contribution in [3.63, 3.8) is 0 Å². The molecule has 0 saturated carbocycles. The van der Waals surface area contributed by atoms with Crippen molar-refractivity contribution in [2.24, 2.45) is 11.7 Å². The first-order valence-electron chi connectivity index (χ1n) is 8.84. The second kappa shape index (κ2) is 8.08. The number of amides is 1. The minimum atomic E-state index is -0.460. The molecule has 3 N–H and O–H groups in total. The Labute approximate surface area is 152 Å². The highest BCUT2D eigenvalue weighted by atomic mass is 19.1. The van der Waals surface area contributed by atoms with E-state index in [2.05, 4.69) is 21.9 Å². The van der Waals surface area contributed by atoms with Gasteiger partial charge in [-0.15, -0.1) is 0 Å². The molecule has 1 amide bonds. The third kappa shape index (κ3) is 4.65. The van der Waals surface area contributed by atoms with Gasteiger partial charge in [-0.2, -0.15) is 0 Å². The zero-order chi connectivity index (χ0) is 18.5. The minimum absolute atomic E-state index is 0.0853. The SMILES string of the molecule is NC(=O)CCC1CN(c2ccccc2)CCN(c2cc(O)cc(F)c2)C1. The lowest BCUT2D eigenvalue weighted by Gasteiger charge is -2.26. The Balaban J connectivity index is 1.82. The Kier molecular flexibility index (Phi) is 5.61. The number of halogens is 1. The van der Waals surface area contributed by atoms with Crippen LogP contribution in [-0.4, -0.2) is 37.2 Å². The summed E-state index contributed by atoms with van der Waals surface area (Å²) >= 11 is 0. The second-order valence-corrected chi connectivity index (χ2v) is 6.77. The average Bonchev–Trinajstić information content (AvgIpc) is 2.83. The van der Waals surface area contributed by atoms with Gasteiger partial charge in [-0.1, -0.05) is 18.2 Å². The normalized spacial score (nSPS) is 17.8. The van der Waals surface area contributed by atoms with Crippen LogP contribution in [0.4, 0.5) is 15.8 Å². The van der Waals surface area contributed by atoms with Gasteiger partial charge in [-0.3, -0.25) is 4.79 Å². The van der Waals surface area contributed by atoms with Gasteiger partial charge >= 0.3 is 0 Å². The fraction of sp³-hybridized carbons (Fsp3) is 0.350. The zero-order valence-electron chi connectivity index (χ0n) is 14.6. The van der Waals surface area contributed by atoms with E-state index in [0.29, 0.717) is 31.6 Å². The van der Waals surface area contributed by atoms with Crippen LogP contribution in [0.2, 0.25) is 0 Å². The van der Waals surface area contributed by atoms with Crippen molar-refractivity contribution in [3.8, 4) is 5.75 Å². The summed E-state index contributed by atoms with van der Waals surface area (Å²) in [4.78, 5) is 15.6. The zero-order valence-corrected chi connectivity index (χ0v) is 14.6. The summed E-state index contributed by atoms with van der Waals surface area (Å²) in [5, 5.41) is 9.73. The monoisotopic (exact) mass is 357 g/mol. The van der Waals surface area contributed by atoms with Crippen LogP contribution >= 0.6 is 0 Å². The molecule has 0 spiro atoms. The van der Waals surface area contributed by atoms with Crippen LogP contribution in [0, 0.1) is 11.7 Å². The predicted octanol–water partition coefficient (Wildman–Crippen LogP) is 2.74. The molecule has 3 rings (SSSR count). The van der Waals surface area contributed by atoms with Crippen LogP contribution in [0.15, 0.2) is 48.5 Å². The second-order valence-electron chi connectivity index (χ2n) is 6.77. The number of rotatable bonds is 5. The van der Waals surface area contributed by atoms with Gasteiger partial charge in [0.05, 0.1) is 0 Å². The van der Waals surface area contributed by atoms with Crippen molar-refractivity contribution < 1.29 is 14.3 Å². The molecule has 0 radical (unpaired) electrons. The number of carbonyl (C=O) groups is 1. The number of nitrogens with two attached hydrogens (primary N) is 1. The summed E-state index contributed by atoms with van der Waals surface area (Å²) in [5.74, 6) is -0.651. The molecule has 26 heavy (non-hydrogen) atoms. The summed E-state index contributed by atoms with van der Waals surface area (Å²) in [6.45, 7) is 2.95. The van der Waals surface area contributed by atoms with Gasteiger partial charge in [-0.25, -0.2) is 4.39 Å². The van der Waals surface area contributed by atoms with Gasteiger partial charge in [-0.05, 0) is 30.5 Å². The lowest BCUT2D eigenvalue weighted by atomic mass is 10.0. The Morgan fingerprint density at radius 1 is 1.08 bits per heavy atom. The van der Waals surface area contributed by atoms with E-state index in [4.69, 9.17) is 5.73 Å². The lowest BCUT2D eigenvalue weighted by Crippen LogP contribution is -2.30. The number of benzene rings is 2. The number of hydrogen-bond donors (Lipinski definition) is 2. The molecule has 2 aromatic rings. The molecule has 5 nitrogen and oxygen atoms in total. The topological polar surface area (TPSA) is 69.8 Å². The van der Waals surface area contributed by atoms with E-state index >= 15 is 0 Å². The third-order valence-electron chi connectivity index (χ3n) is 4.75. The molecule has 0 aliphatic carbocycles. The molecular formula is C20H24FN3O2. The van der Waals surface area contributed by atoms with E-state index in [1.807, 2.05) is 18.2 Å². The number of carbonyl (C=O) groups excluding carboxylic acids is 1. The van der Waals surface area contributed by atoms with Gasteiger partial charge in [0, 0.05) is 56.1 Å². The fourth-order valence-corrected chi connectivity index (χ4v) is 3.48. The summed E-state index contributed by atoms with van der Waals surface area (Å²) in [5.41, 5.74) is 7.11. The maximum atomic E-state index is 13.7. The van der Waals surface area contributed by atoms with E-state index in [9.17, 15) is 14.3 Å². The first-order chi connectivity index (χ1) is 12.5. The lowest BCUT2D eigenvalue weighted by molar-refractivity contribution is -0.118. The summed E-state index contributed by atoms with van der Waals surface area (Å²) in [6, 6.07) is 14.2. The van der Waals surface area contributed by atoms with E-state index < -0.39 is 5.82 Å². The smallest absolute Gasteiger partial charge is 0.217 e. The number of hydrogen-bond acceptors (Lipinski definition) is 4. The van der Waals surface area contributed by atoms with E-state index in [1.54, 1.807) is 6.07 Å². The average molecular weight is 357 g/mol. The Morgan fingerprint density at radius 2 is 1.73 bits per heavy atom. The van der Waals surface area contributed by atoms with Gasteiger partial charge in [0.25, 0.3) is 0 Å². The molecule has 1 aliphatic rings. The number of nitrogens with zero attached hydrogens (tertiary/aromatic N) is 2. The largest absolute Gasteiger partial charge is 0.508 e. The molecule has 6 heteroatoms. The molecular weight excluding hydrogens is 333 g/mol. The van der Waals surface area contributed by atoms with Gasteiger partial charge in [0.1, 0.15) is 11.6 Å². The fourth-order valence-electron chi connectivity index (χ4n) is 3.48. The summed E-state index contributed by atoms with van der Waals surface area (Å²) < 4.78 is 13.7. The minimum Gasteiger partial charge on any atom is -0.508 e. The van der Waals surface area contributed by atoms with Crippen molar-refractivity contribution >= 4 is 17.3 Å². The standard InChI is InChI=1S/C20H24FN3O2/c21-16-10-18(12-19(25)11-16)24-9-8-23(17-4-2-1-3-5-17)13-15(14-24)6-7-20(22)26/h1-5,10-12,15,25H,6-9,13-14H2,(H2,22,26). The molecule has 1 aliphatic heterocycles. The van der Waals surface area contributed by atoms with Crippen LogP contribution in [0.5, 0.6) is 5.75 Å². The molecule has 1 atom stereocenters. The van der Waals surface area contributed by atoms with Crippen molar-refractivity contribution in [2.75, 3.05) is 36.0 Å². The number of phenols is 1. The van der Waals surface area contributed by atoms with Crippen LogP contribution in [0.25, 0.3) is 0 Å². The van der Waals surface area contributed by atoms with Gasteiger partial charge in [0.15, 0.2) is 0 Å². The van der Waals surface area contributed by atoms with Gasteiger partial charge in [0.2, 0.25) is 5.91 Å². The van der Waals surface area contributed by atoms with Crippen LogP contribution in [0.1, 0.15) is 12.8 Å². The highest BCUT2D eigenvalue weighted by Crippen LogP contribution is 2.27. The maximum Gasteiger partial charge on any atom is 0.217 e. The highest BCUT2D eigenvalue weighted by Gasteiger charge is 2.24. The molecule has 138 valence electrons. The summed E-state index contributed by atoms with van der Waals surface area (Å²) in [7, 11) is 0. The molecule has 2 aromatic carbocycles. The van der Waals surface area contributed by atoms with Crippen molar-refractivity contribution in [1.82, 2.24) is 0 Å². The first-order valence-corrected chi connectivity index (χ1v) is 8.84. The van der Waals surface area contributed by atoms with E-state index in [0.717, 1.165) is 24.8 Å². The van der Waals surface area contributed by atoms with Crippen LogP contribution in [-0.2, 0) is 4.79 Å². The number of primary amides is 1. The number of phenolic OH excluding ortho intramolecular Hbond substituents is 1. The quantitative estimate of drug-likeness (QED) is 0.863. The van der Waals surface area contributed by atoms with Crippen LogP contribution in [0.3, 0.4) is 0 Å². The summed E-state index contributed by atoms with van der Waals surface area (Å²) in [6.07, 6.45) is 1.01. The number of para-hydroxylation sites is 1. The molecule has 0 bridgehead atoms. The molecule has 1 heterocycles. The van der Waals surface area contributed by atoms with E-state index in [-0.39, 0.29) is 17.6 Å². The van der Waals surface area contributed by atoms with Crippen LogP contribution < -0.4 is 15.5 Å². The van der Waals surface area contributed by atoms with Crippen molar-refractivity contribution in [1.29, 1.82) is 0 Å². The molecule has 1 fully saturated rings. The Morgan fingerprint density at radius 3 is 2.35 bits per heavy atom. The molecule has 0 aromatic heterocycles. The van der Waals surface area contributed by atoms with Gasteiger partial charge < -0.3 is 20.6 Å². The first kappa shape index (κ1) is 18.0. The Hall–Kier alpha value is -2.76. The maximum absolute atomic E-state index is 13.7. The highest BCUT2D eigenvalue weighted by molar-refractivity contribution is 5.73. The van der Waals surface area contributed by atoms with Crippen molar-refractivity contribution in [3.05, 3.63) is 54.3 Å². The van der Waals surface area contributed by atoms with E-state index in [1.165, 1.54) is 6.07 Å². The number of anilines is 2. The third-order valence-corrected chi connectivity index (χ3v) is 4.75. The number of aromatic hydroxyl groups is 1. The van der Waals surface area contributed by atoms with Crippen molar-refractivity contribution in [2.45, 2.75) is 12.8 Å². The molecule has 1 saturated heterocycles. The predicted molar refractivity (Wildman–Crippen MR) is 101 cm³/mol.